The van der Waals surface area contributed by atoms with E-state index in [4.69, 9.17) is 9.47 Å². The molecule has 2 heterocycles. The third-order valence-corrected chi connectivity index (χ3v) is 8.32. The maximum Gasteiger partial charge on any atom is 0.338 e. The fourth-order valence-electron chi connectivity index (χ4n) is 2.95. The molecule has 0 amide bonds. The van der Waals surface area contributed by atoms with Gasteiger partial charge in [-0.1, -0.05) is 12.1 Å². The number of halogens is 1. The monoisotopic (exact) mass is 496 g/mol. The molecule has 10 heteroatoms. The number of hydrogen-bond acceptors (Lipinski definition) is 7. The Kier molecular flexibility index (Phi) is 5.98. The number of para-hydroxylation sites is 1. The molecule has 0 saturated carbocycles. The van der Waals surface area contributed by atoms with Gasteiger partial charge in [0.15, 0.2) is 0 Å². The molecule has 7 nitrogen and oxygen atoms in total. The van der Waals surface area contributed by atoms with E-state index in [2.05, 4.69) is 20.9 Å². The van der Waals surface area contributed by atoms with Gasteiger partial charge < -0.3 is 9.47 Å². The molecule has 0 aliphatic carbocycles. The van der Waals surface area contributed by atoms with Gasteiger partial charge >= 0.3 is 5.97 Å². The number of aromatic nitrogens is 1. The lowest BCUT2D eigenvalue weighted by Gasteiger charge is -2.26. The molecule has 0 N–H and O–H groups in total. The topological polar surface area (TPSA) is 85.8 Å². The molecule has 0 radical (unpaired) electrons. The third-order valence-electron chi connectivity index (χ3n) is 4.42. The van der Waals surface area contributed by atoms with E-state index in [1.807, 2.05) is 24.3 Å². The highest BCUT2D eigenvalue weighted by atomic mass is 79.9. The average Bonchev–Trinajstić information content (AvgIpc) is 3.16. The maximum atomic E-state index is 12.9. The number of morpholine rings is 1. The first-order valence-electron chi connectivity index (χ1n) is 8.84. The molecule has 152 valence electrons. The van der Waals surface area contributed by atoms with Gasteiger partial charge in [-0.15, -0.1) is 11.3 Å². The van der Waals surface area contributed by atoms with E-state index in [0.717, 1.165) is 10.2 Å². The SMILES string of the molecule is O=C(OCc1nc2ccccc2s1)c1ccc(Br)c(S(=O)(=O)N2CCOCC2)c1. The number of rotatable bonds is 5. The summed E-state index contributed by atoms with van der Waals surface area (Å²) in [5.74, 6) is -0.602. The van der Waals surface area contributed by atoms with Crippen molar-refractivity contribution in [1.82, 2.24) is 9.29 Å². The Morgan fingerprint density at radius 2 is 1.97 bits per heavy atom. The summed E-state index contributed by atoms with van der Waals surface area (Å²) in [7, 11) is -3.74. The summed E-state index contributed by atoms with van der Waals surface area (Å²) < 4.78 is 39.2. The van der Waals surface area contributed by atoms with Gasteiger partial charge in [0.2, 0.25) is 10.0 Å². The molecule has 29 heavy (non-hydrogen) atoms. The molecule has 1 aliphatic rings. The molecule has 0 spiro atoms. The molecule has 0 unspecified atom stereocenters. The van der Waals surface area contributed by atoms with Crippen LogP contribution < -0.4 is 0 Å². The first-order valence-corrected chi connectivity index (χ1v) is 11.9. The Hall–Kier alpha value is -1.85. The number of fused-ring (bicyclic) bond motifs is 1. The zero-order valence-corrected chi connectivity index (χ0v) is 18.4. The largest absolute Gasteiger partial charge is 0.455 e. The Morgan fingerprint density at radius 1 is 1.21 bits per heavy atom. The van der Waals surface area contributed by atoms with E-state index in [1.54, 1.807) is 6.07 Å². The molecule has 1 saturated heterocycles. The lowest BCUT2D eigenvalue weighted by molar-refractivity contribution is 0.0472. The fourth-order valence-corrected chi connectivity index (χ4v) is 6.19. The molecule has 4 rings (SSSR count). The van der Waals surface area contributed by atoms with Gasteiger partial charge in [-0.2, -0.15) is 4.31 Å². The highest BCUT2D eigenvalue weighted by Gasteiger charge is 2.29. The Balaban J connectivity index is 1.52. The quantitative estimate of drug-likeness (QED) is 0.503. The second kappa shape index (κ2) is 8.49. The molecule has 0 bridgehead atoms. The lowest BCUT2D eigenvalue weighted by atomic mass is 10.2. The second-order valence-corrected chi connectivity index (χ2v) is 10.2. The van der Waals surface area contributed by atoms with E-state index in [9.17, 15) is 13.2 Å². The standard InChI is InChI=1S/C19H17BrN2O5S2/c20-14-6-5-13(11-17(14)29(24,25)22-7-9-26-10-8-22)19(23)27-12-18-21-15-3-1-2-4-16(15)28-18/h1-6,11H,7-10,12H2. The van der Waals surface area contributed by atoms with Gasteiger partial charge in [-0.05, 0) is 46.3 Å². The van der Waals surface area contributed by atoms with E-state index in [1.165, 1.54) is 27.8 Å². The van der Waals surface area contributed by atoms with Crippen LogP contribution in [0.2, 0.25) is 0 Å². The summed E-state index contributed by atoms with van der Waals surface area (Å²) in [5, 5.41) is 0.679. The van der Waals surface area contributed by atoms with Gasteiger partial charge in [0.05, 0.1) is 33.9 Å². The van der Waals surface area contributed by atoms with Crippen LogP contribution in [-0.2, 0) is 26.1 Å². The van der Waals surface area contributed by atoms with E-state index in [0.29, 0.717) is 22.7 Å². The first-order chi connectivity index (χ1) is 13.9. The zero-order valence-electron chi connectivity index (χ0n) is 15.2. The molecular weight excluding hydrogens is 480 g/mol. The Labute approximate surface area is 180 Å². The summed E-state index contributed by atoms with van der Waals surface area (Å²) in [4.78, 5) is 17.0. The number of carbonyl (C=O) groups is 1. The second-order valence-electron chi connectivity index (χ2n) is 6.31. The summed E-state index contributed by atoms with van der Waals surface area (Å²) >= 11 is 4.73. The molecule has 1 fully saturated rings. The fraction of sp³-hybridized carbons (Fsp3) is 0.263. The minimum atomic E-state index is -3.74. The van der Waals surface area contributed by atoms with Crippen molar-refractivity contribution >= 4 is 53.5 Å². The van der Waals surface area contributed by atoms with E-state index >= 15 is 0 Å². The van der Waals surface area contributed by atoms with Crippen LogP contribution in [0.3, 0.4) is 0 Å². The minimum Gasteiger partial charge on any atom is -0.455 e. The number of carbonyl (C=O) groups excluding carboxylic acids is 1. The van der Waals surface area contributed by atoms with Crippen LogP contribution in [0.15, 0.2) is 51.8 Å². The first kappa shape index (κ1) is 20.4. The van der Waals surface area contributed by atoms with E-state index < -0.39 is 16.0 Å². The van der Waals surface area contributed by atoms with Crippen molar-refractivity contribution in [3.8, 4) is 0 Å². The van der Waals surface area contributed by atoms with Gasteiger partial charge in [0.1, 0.15) is 11.6 Å². The molecule has 2 aromatic carbocycles. The summed E-state index contributed by atoms with van der Waals surface area (Å²) in [6, 6.07) is 12.1. The average molecular weight is 497 g/mol. The van der Waals surface area contributed by atoms with Gasteiger partial charge in [0.25, 0.3) is 0 Å². The van der Waals surface area contributed by atoms with E-state index in [-0.39, 0.29) is 30.2 Å². The van der Waals surface area contributed by atoms with Crippen molar-refractivity contribution in [2.45, 2.75) is 11.5 Å². The third kappa shape index (κ3) is 4.36. The lowest BCUT2D eigenvalue weighted by Crippen LogP contribution is -2.40. The van der Waals surface area contributed by atoms with Crippen LogP contribution in [0.25, 0.3) is 10.2 Å². The normalized spacial score (nSPS) is 15.5. The number of ether oxygens (including phenoxy) is 2. The minimum absolute atomic E-state index is 0.0276. The number of hydrogen-bond donors (Lipinski definition) is 0. The Morgan fingerprint density at radius 3 is 2.72 bits per heavy atom. The molecule has 3 aromatic rings. The molecule has 0 atom stereocenters. The summed E-state index contributed by atoms with van der Waals surface area (Å²) in [6.07, 6.45) is 0. The van der Waals surface area contributed by atoms with Crippen molar-refractivity contribution in [3.63, 3.8) is 0 Å². The predicted octanol–water partition coefficient (Wildman–Crippen LogP) is 3.44. The zero-order chi connectivity index (χ0) is 20.4. The maximum absolute atomic E-state index is 12.9. The van der Waals surface area contributed by atoms with Gasteiger partial charge in [-0.25, -0.2) is 18.2 Å². The molecule has 1 aromatic heterocycles. The van der Waals surface area contributed by atoms with Crippen molar-refractivity contribution in [2.24, 2.45) is 0 Å². The van der Waals surface area contributed by atoms with Crippen LogP contribution in [0, 0.1) is 0 Å². The smallest absolute Gasteiger partial charge is 0.338 e. The van der Waals surface area contributed by atoms with Crippen LogP contribution >= 0.6 is 27.3 Å². The number of sulfonamides is 1. The highest BCUT2D eigenvalue weighted by Crippen LogP contribution is 2.28. The van der Waals surface area contributed by atoms with Gasteiger partial charge in [-0.3, -0.25) is 0 Å². The number of thiazole rings is 1. The highest BCUT2D eigenvalue weighted by molar-refractivity contribution is 9.10. The predicted molar refractivity (Wildman–Crippen MR) is 112 cm³/mol. The molecular formula is C19H17BrN2O5S2. The number of esters is 1. The summed E-state index contributed by atoms with van der Waals surface area (Å²) in [5.41, 5.74) is 1.02. The van der Waals surface area contributed by atoms with Crippen molar-refractivity contribution in [2.75, 3.05) is 26.3 Å². The number of nitrogens with zero attached hydrogens (tertiary/aromatic N) is 2. The van der Waals surface area contributed by atoms with Crippen LogP contribution in [0.5, 0.6) is 0 Å². The summed E-state index contributed by atoms with van der Waals surface area (Å²) in [6.45, 7) is 1.28. The van der Waals surface area contributed by atoms with Crippen LogP contribution in [0.1, 0.15) is 15.4 Å². The van der Waals surface area contributed by atoms with Crippen molar-refractivity contribution in [1.29, 1.82) is 0 Å². The van der Waals surface area contributed by atoms with Crippen LogP contribution in [-0.4, -0.2) is 50.0 Å². The van der Waals surface area contributed by atoms with Crippen LogP contribution in [0.4, 0.5) is 0 Å². The van der Waals surface area contributed by atoms with Crippen molar-refractivity contribution in [3.05, 3.63) is 57.5 Å². The van der Waals surface area contributed by atoms with Crippen molar-refractivity contribution < 1.29 is 22.7 Å². The number of benzene rings is 2. The Bertz CT molecular complexity index is 1120. The van der Waals surface area contributed by atoms with Gasteiger partial charge in [0, 0.05) is 17.6 Å². The molecule has 1 aliphatic heterocycles.